The van der Waals surface area contributed by atoms with E-state index in [4.69, 9.17) is 11.6 Å². The van der Waals surface area contributed by atoms with Gasteiger partial charge in [-0.05, 0) is 80.8 Å². The lowest BCUT2D eigenvalue weighted by molar-refractivity contribution is -0.139. The van der Waals surface area contributed by atoms with Crippen LogP contribution < -0.4 is 9.62 Å². The zero-order valence-electron chi connectivity index (χ0n) is 22.4. The number of carbonyl (C=O) groups is 2. The van der Waals surface area contributed by atoms with E-state index < -0.39 is 28.5 Å². The summed E-state index contributed by atoms with van der Waals surface area (Å²) in [7, 11) is -4.14. The summed E-state index contributed by atoms with van der Waals surface area (Å²) in [6.45, 7) is 7.29. The highest BCUT2D eigenvalue weighted by atomic mass is 79.9. The predicted octanol–water partition coefficient (Wildman–Crippen LogP) is 5.86. The van der Waals surface area contributed by atoms with Gasteiger partial charge in [-0.15, -0.1) is 0 Å². The van der Waals surface area contributed by atoms with Gasteiger partial charge in [0.1, 0.15) is 12.6 Å². The molecule has 0 saturated heterocycles. The first kappa shape index (κ1) is 30.7. The molecule has 3 aromatic carbocycles. The number of sulfonamides is 1. The Labute approximate surface area is 244 Å². The number of halogens is 2. The summed E-state index contributed by atoms with van der Waals surface area (Å²) in [6.07, 6.45) is 0.746. The lowest BCUT2D eigenvalue weighted by Crippen LogP contribution is -2.51. The van der Waals surface area contributed by atoms with Gasteiger partial charge >= 0.3 is 0 Å². The molecule has 1 N–H and O–H groups in total. The number of rotatable bonds is 11. The molecule has 2 amide bonds. The third kappa shape index (κ3) is 7.84. The molecule has 0 heterocycles. The molecule has 0 saturated carbocycles. The highest BCUT2D eigenvalue weighted by molar-refractivity contribution is 9.10. The van der Waals surface area contributed by atoms with E-state index in [1.807, 2.05) is 38.1 Å². The molecule has 0 radical (unpaired) electrons. The lowest BCUT2D eigenvalue weighted by Gasteiger charge is -2.32. The molecule has 0 spiro atoms. The zero-order chi connectivity index (χ0) is 28.7. The van der Waals surface area contributed by atoms with Crippen molar-refractivity contribution >= 4 is 55.1 Å². The minimum absolute atomic E-state index is 0.0579. The second-order valence-corrected chi connectivity index (χ2v) is 12.6. The molecule has 10 heteroatoms. The van der Waals surface area contributed by atoms with Crippen LogP contribution in [0.4, 0.5) is 5.69 Å². The standard InChI is InChI=1S/C29H33BrClN3O4S/c1-5-15-32-29(36)22(4)33(18-23-7-6-8-24(30)17-23)28(35)19-34(27-14-11-25(31)16-21(27)3)39(37,38)26-12-9-20(2)10-13-26/h6-14,16-17,22H,5,15,18-19H2,1-4H3,(H,32,36)/t22-/m0/s1. The summed E-state index contributed by atoms with van der Waals surface area (Å²) < 4.78 is 29.8. The number of nitrogens with zero attached hydrogens (tertiary/aromatic N) is 2. The Bertz CT molecular complexity index is 1430. The van der Waals surface area contributed by atoms with Crippen molar-refractivity contribution in [1.82, 2.24) is 10.2 Å². The van der Waals surface area contributed by atoms with E-state index in [9.17, 15) is 18.0 Å². The Hall–Kier alpha value is -2.88. The molecule has 3 aromatic rings. The van der Waals surface area contributed by atoms with Gasteiger partial charge in [0.25, 0.3) is 10.0 Å². The van der Waals surface area contributed by atoms with Crippen LogP contribution in [0.5, 0.6) is 0 Å². The predicted molar refractivity (Wildman–Crippen MR) is 159 cm³/mol. The lowest BCUT2D eigenvalue weighted by atomic mass is 10.1. The van der Waals surface area contributed by atoms with Crippen molar-refractivity contribution in [3.63, 3.8) is 0 Å². The van der Waals surface area contributed by atoms with E-state index in [1.54, 1.807) is 44.2 Å². The molecule has 0 aliphatic rings. The Morgan fingerprint density at radius 3 is 2.33 bits per heavy atom. The number of carbonyl (C=O) groups excluding carboxylic acids is 2. The highest BCUT2D eigenvalue weighted by Gasteiger charge is 2.33. The summed E-state index contributed by atoms with van der Waals surface area (Å²) in [5, 5.41) is 3.29. The molecule has 208 valence electrons. The van der Waals surface area contributed by atoms with E-state index >= 15 is 0 Å². The Morgan fingerprint density at radius 2 is 1.72 bits per heavy atom. The third-order valence-corrected chi connectivity index (χ3v) is 8.78. The monoisotopic (exact) mass is 633 g/mol. The van der Waals surface area contributed by atoms with Gasteiger partial charge in [-0.2, -0.15) is 0 Å². The minimum Gasteiger partial charge on any atom is -0.354 e. The van der Waals surface area contributed by atoms with Crippen molar-refractivity contribution in [2.75, 3.05) is 17.4 Å². The van der Waals surface area contributed by atoms with Gasteiger partial charge in [-0.25, -0.2) is 8.42 Å². The van der Waals surface area contributed by atoms with Gasteiger partial charge in [0, 0.05) is 22.6 Å². The van der Waals surface area contributed by atoms with Crippen LogP contribution in [0.15, 0.2) is 76.1 Å². The second kappa shape index (κ2) is 13.5. The molecule has 0 aromatic heterocycles. The minimum atomic E-state index is -4.14. The maximum atomic E-state index is 13.9. The Morgan fingerprint density at radius 1 is 1.03 bits per heavy atom. The normalized spacial score (nSPS) is 12.1. The Kier molecular flexibility index (Phi) is 10.6. The molecule has 0 aliphatic heterocycles. The fourth-order valence-corrected chi connectivity index (χ4v) is 6.21. The van der Waals surface area contributed by atoms with Gasteiger partial charge in [-0.1, -0.05) is 64.3 Å². The smallest absolute Gasteiger partial charge is 0.264 e. The number of amides is 2. The van der Waals surface area contributed by atoms with Crippen molar-refractivity contribution < 1.29 is 18.0 Å². The van der Waals surface area contributed by atoms with E-state index in [1.165, 1.54) is 17.0 Å². The average molecular weight is 635 g/mol. The molecule has 7 nitrogen and oxygen atoms in total. The van der Waals surface area contributed by atoms with Crippen LogP contribution >= 0.6 is 27.5 Å². The van der Waals surface area contributed by atoms with Gasteiger partial charge in [0.2, 0.25) is 11.8 Å². The van der Waals surface area contributed by atoms with Crippen molar-refractivity contribution in [1.29, 1.82) is 0 Å². The van der Waals surface area contributed by atoms with Crippen LogP contribution in [-0.4, -0.2) is 44.3 Å². The fraction of sp³-hybridized carbons (Fsp3) is 0.310. The molecule has 39 heavy (non-hydrogen) atoms. The molecule has 0 aliphatic carbocycles. The fourth-order valence-electron chi connectivity index (χ4n) is 4.06. The molecule has 0 unspecified atom stereocenters. The van der Waals surface area contributed by atoms with Crippen molar-refractivity contribution in [2.45, 2.75) is 51.6 Å². The second-order valence-electron chi connectivity index (χ2n) is 9.37. The van der Waals surface area contributed by atoms with Gasteiger partial charge < -0.3 is 10.2 Å². The number of aryl methyl sites for hydroxylation is 2. The van der Waals surface area contributed by atoms with E-state index in [0.29, 0.717) is 22.8 Å². The molecule has 1 atom stereocenters. The molecule has 0 fully saturated rings. The average Bonchev–Trinajstić information content (AvgIpc) is 2.89. The zero-order valence-corrected chi connectivity index (χ0v) is 25.6. The summed E-state index contributed by atoms with van der Waals surface area (Å²) in [5.74, 6) is -0.824. The van der Waals surface area contributed by atoms with Crippen LogP contribution in [0.1, 0.15) is 37.0 Å². The Balaban J connectivity index is 2.05. The maximum Gasteiger partial charge on any atom is 0.264 e. The number of benzene rings is 3. The van der Waals surface area contributed by atoms with Crippen LogP contribution in [0, 0.1) is 13.8 Å². The van der Waals surface area contributed by atoms with Gasteiger partial charge in [0.05, 0.1) is 10.6 Å². The molecular formula is C29H33BrClN3O4S. The van der Waals surface area contributed by atoms with Gasteiger partial charge in [-0.3, -0.25) is 13.9 Å². The van der Waals surface area contributed by atoms with Crippen LogP contribution in [0.2, 0.25) is 5.02 Å². The number of hydrogen-bond donors (Lipinski definition) is 1. The van der Waals surface area contributed by atoms with Gasteiger partial charge in [0.15, 0.2) is 0 Å². The van der Waals surface area contributed by atoms with Crippen LogP contribution in [-0.2, 0) is 26.2 Å². The third-order valence-electron chi connectivity index (χ3n) is 6.27. The van der Waals surface area contributed by atoms with Crippen LogP contribution in [0.25, 0.3) is 0 Å². The molecular weight excluding hydrogens is 602 g/mol. The number of nitrogens with one attached hydrogen (secondary N) is 1. The SMILES string of the molecule is CCCNC(=O)[C@H](C)N(Cc1cccc(Br)c1)C(=O)CN(c1ccc(Cl)cc1C)S(=O)(=O)c1ccc(C)cc1. The molecule has 0 bridgehead atoms. The van der Waals surface area contributed by atoms with Crippen molar-refractivity contribution in [3.05, 3.63) is 92.9 Å². The summed E-state index contributed by atoms with van der Waals surface area (Å²) in [6, 6.07) is 17.9. The highest BCUT2D eigenvalue weighted by Crippen LogP contribution is 2.29. The topological polar surface area (TPSA) is 86.8 Å². The summed E-state index contributed by atoms with van der Waals surface area (Å²) >= 11 is 9.61. The first-order chi connectivity index (χ1) is 18.4. The van der Waals surface area contributed by atoms with E-state index in [-0.39, 0.29) is 17.3 Å². The number of anilines is 1. The van der Waals surface area contributed by atoms with Crippen LogP contribution in [0.3, 0.4) is 0 Å². The quantitative estimate of drug-likeness (QED) is 0.286. The van der Waals surface area contributed by atoms with E-state index in [2.05, 4.69) is 21.2 Å². The maximum absolute atomic E-state index is 13.9. The summed E-state index contributed by atoms with van der Waals surface area (Å²) in [5.41, 5.74) is 2.63. The van der Waals surface area contributed by atoms with Crippen molar-refractivity contribution in [3.8, 4) is 0 Å². The number of hydrogen-bond acceptors (Lipinski definition) is 4. The first-order valence-corrected chi connectivity index (χ1v) is 15.2. The van der Waals surface area contributed by atoms with E-state index in [0.717, 1.165) is 26.3 Å². The molecule has 3 rings (SSSR count). The van der Waals surface area contributed by atoms with Crippen molar-refractivity contribution in [2.24, 2.45) is 0 Å². The largest absolute Gasteiger partial charge is 0.354 e. The first-order valence-electron chi connectivity index (χ1n) is 12.6. The summed E-state index contributed by atoms with van der Waals surface area (Å²) in [4.78, 5) is 28.4.